The second-order valence-electron chi connectivity index (χ2n) is 6.95. The highest BCUT2D eigenvalue weighted by Gasteiger charge is 2.50. The van der Waals surface area contributed by atoms with Crippen LogP contribution in [0.15, 0.2) is 41.4 Å². The highest BCUT2D eigenvalue weighted by Crippen LogP contribution is 2.42. The number of halogens is 5. The lowest BCUT2D eigenvalue weighted by Gasteiger charge is -2.27. The molecule has 2 aromatic carbocycles. The number of carbonyl (C=O) groups excluding carboxylic acids is 1. The summed E-state index contributed by atoms with van der Waals surface area (Å²) in [5.41, 5.74) is 4.80. The standard InChI is InChI=1S/C21H20F5N3O3/c1-3-11-8-12(5-7-15(11)32-19(25)26)21(18(30)29(2)20(27)28-21)13-4-6-14(22)16(9-13)31-10-17(23)24/h4-9,17,19H,3,10H2,1-2H3,(H2,27,28). The molecule has 2 N–H and O–H groups in total. The molecule has 3 rings (SSSR count). The van der Waals surface area contributed by atoms with Gasteiger partial charge >= 0.3 is 6.61 Å². The Morgan fingerprint density at radius 3 is 2.31 bits per heavy atom. The van der Waals surface area contributed by atoms with Crippen LogP contribution in [0, 0.1) is 5.82 Å². The molecule has 0 aliphatic carbocycles. The van der Waals surface area contributed by atoms with Crippen LogP contribution in [0.4, 0.5) is 22.0 Å². The number of rotatable bonds is 8. The highest BCUT2D eigenvalue weighted by molar-refractivity contribution is 6.09. The maximum Gasteiger partial charge on any atom is 0.387 e. The molecule has 1 heterocycles. The molecule has 172 valence electrons. The third-order valence-electron chi connectivity index (χ3n) is 5.03. The van der Waals surface area contributed by atoms with Gasteiger partial charge in [0.25, 0.3) is 12.3 Å². The van der Waals surface area contributed by atoms with Crippen LogP contribution in [0.1, 0.15) is 23.6 Å². The van der Waals surface area contributed by atoms with Crippen LogP contribution in [-0.2, 0) is 16.8 Å². The summed E-state index contributed by atoms with van der Waals surface area (Å²) in [5.74, 6) is -2.22. The summed E-state index contributed by atoms with van der Waals surface area (Å²) >= 11 is 0. The molecule has 0 saturated carbocycles. The lowest BCUT2D eigenvalue weighted by molar-refractivity contribution is -0.129. The first-order valence-corrected chi connectivity index (χ1v) is 9.52. The zero-order valence-electron chi connectivity index (χ0n) is 17.1. The smallest absolute Gasteiger partial charge is 0.387 e. The molecule has 2 aromatic rings. The molecule has 1 unspecified atom stereocenters. The zero-order valence-corrected chi connectivity index (χ0v) is 17.1. The fraction of sp³-hybridized carbons (Fsp3) is 0.333. The number of aryl methyl sites for hydroxylation is 1. The van der Waals surface area contributed by atoms with Crippen LogP contribution in [-0.4, -0.2) is 43.5 Å². The molecule has 1 amide bonds. The third-order valence-corrected chi connectivity index (χ3v) is 5.03. The maximum absolute atomic E-state index is 14.2. The Labute approximate surface area is 180 Å². The van der Waals surface area contributed by atoms with Crippen LogP contribution >= 0.6 is 0 Å². The van der Waals surface area contributed by atoms with E-state index in [1.165, 1.54) is 31.3 Å². The molecule has 0 bridgehead atoms. The van der Waals surface area contributed by atoms with E-state index in [4.69, 9.17) is 10.5 Å². The van der Waals surface area contributed by atoms with Crippen molar-refractivity contribution in [2.24, 2.45) is 10.7 Å². The van der Waals surface area contributed by atoms with E-state index in [1.807, 2.05) is 0 Å². The minimum absolute atomic E-state index is 0.0720. The number of aliphatic imine (C=N–C) groups is 1. The van der Waals surface area contributed by atoms with Crippen LogP contribution in [0.5, 0.6) is 11.5 Å². The van der Waals surface area contributed by atoms with Gasteiger partial charge in [0.1, 0.15) is 12.4 Å². The summed E-state index contributed by atoms with van der Waals surface area (Å²) in [6.07, 6.45) is -2.55. The number of nitrogens with two attached hydrogens (primary N) is 1. The number of alkyl halides is 4. The molecule has 1 aliphatic rings. The van der Waals surface area contributed by atoms with Crippen molar-refractivity contribution < 1.29 is 36.2 Å². The predicted molar refractivity (Wildman–Crippen MR) is 106 cm³/mol. The van der Waals surface area contributed by atoms with Gasteiger partial charge in [-0.25, -0.2) is 18.2 Å². The number of carbonyl (C=O) groups is 1. The fourth-order valence-corrected chi connectivity index (χ4v) is 3.47. The lowest BCUT2D eigenvalue weighted by atomic mass is 9.81. The van der Waals surface area contributed by atoms with E-state index in [2.05, 4.69) is 9.73 Å². The normalized spacial score (nSPS) is 18.5. The summed E-state index contributed by atoms with van der Waals surface area (Å²) in [4.78, 5) is 18.7. The topological polar surface area (TPSA) is 77.2 Å². The fourth-order valence-electron chi connectivity index (χ4n) is 3.47. The summed E-state index contributed by atoms with van der Waals surface area (Å²) in [6.45, 7) is -2.38. The molecule has 32 heavy (non-hydrogen) atoms. The largest absolute Gasteiger partial charge is 0.485 e. The number of hydrogen-bond donors (Lipinski definition) is 1. The van der Waals surface area contributed by atoms with Crippen LogP contribution in [0.2, 0.25) is 0 Å². The van der Waals surface area contributed by atoms with Gasteiger partial charge in [0.15, 0.2) is 23.1 Å². The van der Waals surface area contributed by atoms with Crippen molar-refractivity contribution in [2.75, 3.05) is 13.7 Å². The van der Waals surface area contributed by atoms with Gasteiger partial charge in [-0.15, -0.1) is 0 Å². The summed E-state index contributed by atoms with van der Waals surface area (Å²) in [6, 6.07) is 7.43. The number of ether oxygens (including phenoxy) is 2. The predicted octanol–water partition coefficient (Wildman–Crippen LogP) is 3.66. The molecular formula is C21H20F5N3O3. The molecule has 0 aromatic heterocycles. The molecule has 0 spiro atoms. The zero-order chi connectivity index (χ0) is 23.6. The minimum Gasteiger partial charge on any atom is -0.485 e. The van der Waals surface area contributed by atoms with Gasteiger partial charge in [0, 0.05) is 7.05 Å². The first-order chi connectivity index (χ1) is 15.1. The molecule has 1 atom stereocenters. The van der Waals surface area contributed by atoms with Crippen LogP contribution in [0.3, 0.4) is 0 Å². The van der Waals surface area contributed by atoms with Gasteiger partial charge in [0.05, 0.1) is 0 Å². The Hall–Kier alpha value is -3.37. The average molecular weight is 457 g/mol. The molecule has 0 radical (unpaired) electrons. The Morgan fingerprint density at radius 2 is 1.75 bits per heavy atom. The molecule has 0 fully saturated rings. The number of guanidine groups is 1. The number of nitrogens with zero attached hydrogens (tertiary/aromatic N) is 2. The summed E-state index contributed by atoms with van der Waals surface area (Å²) in [7, 11) is 1.38. The molecular weight excluding hydrogens is 437 g/mol. The van der Waals surface area contributed by atoms with Gasteiger partial charge in [-0.05, 0) is 47.4 Å². The van der Waals surface area contributed by atoms with E-state index >= 15 is 0 Å². The van der Waals surface area contributed by atoms with Crippen LogP contribution < -0.4 is 15.2 Å². The van der Waals surface area contributed by atoms with Gasteiger partial charge in [-0.1, -0.05) is 19.1 Å². The van der Waals surface area contributed by atoms with E-state index in [0.29, 0.717) is 12.0 Å². The first kappa shape index (κ1) is 23.3. The molecule has 0 saturated heterocycles. The first-order valence-electron chi connectivity index (χ1n) is 9.52. The number of amides is 1. The van der Waals surface area contributed by atoms with E-state index in [0.717, 1.165) is 17.0 Å². The van der Waals surface area contributed by atoms with Gasteiger partial charge in [-0.3, -0.25) is 9.69 Å². The van der Waals surface area contributed by atoms with Crippen molar-refractivity contribution in [3.63, 3.8) is 0 Å². The van der Waals surface area contributed by atoms with E-state index < -0.39 is 42.7 Å². The quantitative estimate of drug-likeness (QED) is 0.614. The summed E-state index contributed by atoms with van der Waals surface area (Å²) < 4.78 is 74.1. The van der Waals surface area contributed by atoms with E-state index in [-0.39, 0.29) is 22.8 Å². The minimum atomic E-state index is -3.04. The van der Waals surface area contributed by atoms with Crippen molar-refractivity contribution in [1.82, 2.24) is 4.90 Å². The summed E-state index contributed by atoms with van der Waals surface area (Å²) in [5, 5.41) is 0. The van der Waals surface area contributed by atoms with Crippen molar-refractivity contribution in [1.29, 1.82) is 0 Å². The average Bonchev–Trinajstić information content (AvgIpc) is 2.97. The van der Waals surface area contributed by atoms with E-state index in [9.17, 15) is 26.7 Å². The van der Waals surface area contributed by atoms with Gasteiger partial charge < -0.3 is 15.2 Å². The number of hydrogen-bond acceptors (Lipinski definition) is 5. The van der Waals surface area contributed by atoms with Gasteiger partial charge in [-0.2, -0.15) is 8.78 Å². The van der Waals surface area contributed by atoms with Crippen molar-refractivity contribution in [2.45, 2.75) is 31.9 Å². The number of likely N-dealkylation sites (N-methyl/N-ethyl adjacent to an activating group) is 1. The molecule has 11 heteroatoms. The van der Waals surface area contributed by atoms with Crippen molar-refractivity contribution >= 4 is 11.9 Å². The SMILES string of the molecule is CCc1cc(C2(c3ccc(F)c(OCC(F)F)c3)N=C(N)N(C)C2=O)ccc1OC(F)F. The van der Waals surface area contributed by atoms with E-state index in [1.54, 1.807) is 6.92 Å². The highest BCUT2D eigenvalue weighted by atomic mass is 19.3. The van der Waals surface area contributed by atoms with Gasteiger partial charge in [0.2, 0.25) is 0 Å². The number of benzene rings is 2. The second-order valence-corrected chi connectivity index (χ2v) is 6.95. The Balaban J connectivity index is 2.19. The third kappa shape index (κ3) is 4.19. The van der Waals surface area contributed by atoms with Crippen molar-refractivity contribution in [3.05, 3.63) is 58.9 Å². The molecule has 6 nitrogen and oxygen atoms in total. The Bertz CT molecular complexity index is 1050. The Morgan fingerprint density at radius 1 is 1.09 bits per heavy atom. The maximum atomic E-state index is 14.2. The van der Waals surface area contributed by atoms with Crippen LogP contribution in [0.25, 0.3) is 0 Å². The monoisotopic (exact) mass is 457 g/mol. The second kappa shape index (κ2) is 9.01. The lowest BCUT2D eigenvalue weighted by Crippen LogP contribution is -2.41. The Kier molecular flexibility index (Phi) is 6.56. The molecule has 1 aliphatic heterocycles. The van der Waals surface area contributed by atoms with Crippen molar-refractivity contribution in [3.8, 4) is 11.5 Å².